The van der Waals surface area contributed by atoms with Crippen LogP contribution in [0.4, 0.5) is 0 Å². The summed E-state index contributed by atoms with van der Waals surface area (Å²) >= 11 is 0. The van der Waals surface area contributed by atoms with Crippen LogP contribution in [-0.2, 0) is 26.1 Å². The highest BCUT2D eigenvalue weighted by molar-refractivity contribution is 7.88. The summed E-state index contributed by atoms with van der Waals surface area (Å²) in [7, 11) is -3.59. The molecule has 0 bridgehead atoms. The zero-order valence-corrected chi connectivity index (χ0v) is 15.8. The number of rotatable bonds is 7. The van der Waals surface area contributed by atoms with Crippen molar-refractivity contribution in [2.45, 2.75) is 26.5 Å². The lowest BCUT2D eigenvalue weighted by Gasteiger charge is -2.35. The molecule has 2 rings (SSSR count). The van der Waals surface area contributed by atoms with Crippen LogP contribution in [0.3, 0.4) is 0 Å². The van der Waals surface area contributed by atoms with Gasteiger partial charge in [0.25, 0.3) is 0 Å². The van der Waals surface area contributed by atoms with Gasteiger partial charge in [-0.05, 0) is 19.4 Å². The number of benzene rings is 1. The van der Waals surface area contributed by atoms with Gasteiger partial charge in [0.15, 0.2) is 0 Å². The Morgan fingerprint density at radius 1 is 1.32 bits per heavy atom. The number of aryl methyl sites for hydroxylation is 2. The number of nitrogens with zero attached hydrogens (tertiary/aromatic N) is 2. The molecule has 1 aliphatic heterocycles. The highest BCUT2D eigenvalue weighted by atomic mass is 32.2. The van der Waals surface area contributed by atoms with Crippen molar-refractivity contribution in [3.05, 3.63) is 34.9 Å². The number of sulfonamides is 1. The second-order valence-electron chi connectivity index (χ2n) is 6.67. The van der Waals surface area contributed by atoms with Gasteiger partial charge in [0.2, 0.25) is 10.0 Å². The molecular formula is C17H26N2O5S. The number of morpholine rings is 1. The van der Waals surface area contributed by atoms with E-state index < -0.39 is 22.5 Å². The number of carbonyl (C=O) groups is 1. The van der Waals surface area contributed by atoms with Gasteiger partial charge < -0.3 is 9.84 Å². The molecule has 7 nitrogen and oxygen atoms in total. The van der Waals surface area contributed by atoms with Crippen LogP contribution < -0.4 is 0 Å². The summed E-state index contributed by atoms with van der Waals surface area (Å²) < 4.78 is 30.2. The number of carboxylic acid groups (broad SMARTS) is 1. The second kappa shape index (κ2) is 8.27. The van der Waals surface area contributed by atoms with Crippen LogP contribution in [0.5, 0.6) is 0 Å². The molecule has 1 fully saturated rings. The number of hydrogen-bond donors (Lipinski definition) is 1. The first-order valence-corrected chi connectivity index (χ1v) is 10.1. The van der Waals surface area contributed by atoms with Crippen molar-refractivity contribution in [3.63, 3.8) is 0 Å². The predicted octanol–water partition coefficient (Wildman–Crippen LogP) is 0.850. The van der Waals surface area contributed by atoms with Gasteiger partial charge in [-0.15, -0.1) is 0 Å². The Morgan fingerprint density at radius 2 is 1.96 bits per heavy atom. The van der Waals surface area contributed by atoms with E-state index >= 15 is 0 Å². The molecule has 0 aromatic heterocycles. The van der Waals surface area contributed by atoms with E-state index in [4.69, 9.17) is 9.84 Å². The zero-order chi connectivity index (χ0) is 18.6. The first-order chi connectivity index (χ1) is 11.6. The molecule has 1 aromatic rings. The molecular weight excluding hydrogens is 344 g/mol. The van der Waals surface area contributed by atoms with Crippen LogP contribution in [0.2, 0.25) is 0 Å². The highest BCUT2D eigenvalue weighted by Gasteiger charge is 2.28. The summed E-state index contributed by atoms with van der Waals surface area (Å²) in [6, 6.07) is 6.41. The molecule has 1 saturated heterocycles. The molecule has 0 aliphatic carbocycles. The molecule has 0 radical (unpaired) electrons. The molecule has 1 atom stereocenters. The van der Waals surface area contributed by atoms with Crippen molar-refractivity contribution in [1.82, 2.24) is 9.21 Å². The van der Waals surface area contributed by atoms with Gasteiger partial charge in [0, 0.05) is 26.2 Å². The minimum atomic E-state index is -3.59. The van der Waals surface area contributed by atoms with Crippen molar-refractivity contribution < 1.29 is 23.1 Å². The van der Waals surface area contributed by atoms with Crippen molar-refractivity contribution in [2.24, 2.45) is 0 Å². The number of carboxylic acids is 1. The Morgan fingerprint density at radius 3 is 2.52 bits per heavy atom. The van der Waals surface area contributed by atoms with Gasteiger partial charge >= 0.3 is 5.97 Å². The molecule has 140 valence electrons. The Labute approximate surface area is 149 Å². The predicted molar refractivity (Wildman–Crippen MR) is 95.0 cm³/mol. The van der Waals surface area contributed by atoms with Crippen LogP contribution in [0.15, 0.2) is 18.2 Å². The average molecular weight is 370 g/mol. The van der Waals surface area contributed by atoms with Crippen molar-refractivity contribution in [3.8, 4) is 0 Å². The van der Waals surface area contributed by atoms with Crippen LogP contribution in [0, 0.1) is 13.8 Å². The normalized spacial score (nSPS) is 19.3. The fourth-order valence-electron chi connectivity index (χ4n) is 3.15. The van der Waals surface area contributed by atoms with E-state index in [0.717, 1.165) is 23.7 Å². The quantitative estimate of drug-likeness (QED) is 0.766. The lowest BCUT2D eigenvalue weighted by molar-refractivity contribution is -0.137. The van der Waals surface area contributed by atoms with E-state index in [2.05, 4.69) is 36.9 Å². The molecule has 0 spiro atoms. The maximum Gasteiger partial charge on any atom is 0.318 e. The third kappa shape index (κ3) is 6.39. The van der Waals surface area contributed by atoms with Crippen LogP contribution in [-0.4, -0.2) is 73.8 Å². The summed E-state index contributed by atoms with van der Waals surface area (Å²) in [4.78, 5) is 13.1. The fraction of sp³-hybridized carbons (Fsp3) is 0.588. The highest BCUT2D eigenvalue weighted by Crippen LogP contribution is 2.15. The van der Waals surface area contributed by atoms with E-state index in [1.807, 2.05) is 0 Å². The summed E-state index contributed by atoms with van der Waals surface area (Å²) in [6.45, 7) is 6.23. The standard InChI is InChI=1S/C17H26N2O5S/c1-13-6-14(2)8-15(7-13)9-18-4-5-24-16(10-18)11-19(12-17(20)21)25(3,22)23/h6-8,16H,4-5,9-12H2,1-3H3,(H,20,21). The van der Waals surface area contributed by atoms with Gasteiger partial charge in [-0.1, -0.05) is 29.3 Å². The molecule has 1 N–H and O–H groups in total. The van der Waals surface area contributed by atoms with E-state index in [0.29, 0.717) is 13.2 Å². The third-order valence-electron chi connectivity index (χ3n) is 4.10. The van der Waals surface area contributed by atoms with Crippen molar-refractivity contribution in [1.29, 1.82) is 0 Å². The maximum atomic E-state index is 11.8. The average Bonchev–Trinajstić information content (AvgIpc) is 2.44. The van der Waals surface area contributed by atoms with Crippen LogP contribution in [0.1, 0.15) is 16.7 Å². The molecule has 1 aliphatic rings. The van der Waals surface area contributed by atoms with E-state index in [1.54, 1.807) is 0 Å². The first kappa shape index (κ1) is 19.8. The van der Waals surface area contributed by atoms with E-state index in [9.17, 15) is 13.2 Å². The van der Waals surface area contributed by atoms with E-state index in [1.165, 1.54) is 16.7 Å². The minimum Gasteiger partial charge on any atom is -0.480 e. The summed E-state index contributed by atoms with van der Waals surface area (Å²) in [5, 5.41) is 8.92. The Bertz CT molecular complexity index is 699. The maximum absolute atomic E-state index is 11.8. The van der Waals surface area contributed by atoms with Crippen molar-refractivity contribution in [2.75, 3.05) is 39.0 Å². The number of hydrogen-bond acceptors (Lipinski definition) is 5. The molecule has 1 heterocycles. The lowest BCUT2D eigenvalue weighted by atomic mass is 10.1. The number of ether oxygens (including phenoxy) is 1. The molecule has 0 amide bonds. The summed E-state index contributed by atoms with van der Waals surface area (Å²) in [6.07, 6.45) is 0.681. The smallest absolute Gasteiger partial charge is 0.318 e. The Balaban J connectivity index is 2.00. The molecule has 25 heavy (non-hydrogen) atoms. The van der Waals surface area contributed by atoms with Gasteiger partial charge in [-0.25, -0.2) is 8.42 Å². The Hall–Kier alpha value is -1.48. The minimum absolute atomic E-state index is 0.0501. The molecule has 1 aromatic carbocycles. The third-order valence-corrected chi connectivity index (χ3v) is 5.31. The number of aliphatic carboxylic acids is 1. The first-order valence-electron chi connectivity index (χ1n) is 8.21. The fourth-order valence-corrected chi connectivity index (χ4v) is 3.93. The van der Waals surface area contributed by atoms with Crippen molar-refractivity contribution >= 4 is 16.0 Å². The topological polar surface area (TPSA) is 87.2 Å². The van der Waals surface area contributed by atoms with E-state index in [-0.39, 0.29) is 12.6 Å². The van der Waals surface area contributed by atoms with Gasteiger partial charge in [-0.2, -0.15) is 4.31 Å². The molecule has 0 saturated carbocycles. The second-order valence-corrected chi connectivity index (χ2v) is 8.66. The molecule has 8 heteroatoms. The summed E-state index contributed by atoms with van der Waals surface area (Å²) in [5.41, 5.74) is 3.64. The Kier molecular flexibility index (Phi) is 6.56. The zero-order valence-electron chi connectivity index (χ0n) is 14.9. The largest absolute Gasteiger partial charge is 0.480 e. The SMILES string of the molecule is Cc1cc(C)cc(CN2CCOC(CN(CC(=O)O)S(C)(=O)=O)C2)c1. The van der Waals surface area contributed by atoms with Gasteiger partial charge in [0.05, 0.1) is 19.0 Å². The van der Waals surface area contributed by atoms with Gasteiger partial charge in [-0.3, -0.25) is 9.69 Å². The van der Waals surface area contributed by atoms with Crippen LogP contribution >= 0.6 is 0 Å². The molecule has 1 unspecified atom stereocenters. The van der Waals surface area contributed by atoms with Gasteiger partial charge in [0.1, 0.15) is 6.54 Å². The monoisotopic (exact) mass is 370 g/mol. The lowest BCUT2D eigenvalue weighted by Crippen LogP contribution is -2.49. The summed E-state index contributed by atoms with van der Waals surface area (Å²) in [5.74, 6) is -1.17. The van der Waals surface area contributed by atoms with Crippen LogP contribution in [0.25, 0.3) is 0 Å².